The van der Waals surface area contributed by atoms with Crippen LogP contribution in [0.1, 0.15) is 0 Å². The first-order valence-corrected chi connectivity index (χ1v) is 6.86. The van der Waals surface area contributed by atoms with Crippen LogP contribution in [0, 0.1) is 11.8 Å². The van der Waals surface area contributed by atoms with Crippen molar-refractivity contribution >= 4 is 27.7 Å². The molecule has 92 valence electrons. The van der Waals surface area contributed by atoms with Gasteiger partial charge in [-0.2, -0.15) is 0 Å². The normalized spacial score (nSPS) is 9.89. The second kappa shape index (κ2) is 6.59. The number of aromatic nitrogens is 2. The highest BCUT2D eigenvalue weighted by Gasteiger charge is 2.08. The molecule has 0 radical (unpaired) electrons. The molecule has 1 N–H and O–H groups in total. The van der Waals surface area contributed by atoms with Crippen LogP contribution in [0.5, 0.6) is 0 Å². The largest absolute Gasteiger partial charge is 0.411 e. The van der Waals surface area contributed by atoms with Crippen molar-refractivity contribution in [1.29, 1.82) is 0 Å². The van der Waals surface area contributed by atoms with Crippen molar-refractivity contribution in [2.45, 2.75) is 5.22 Å². The van der Waals surface area contributed by atoms with Crippen LogP contribution in [0.25, 0.3) is 11.5 Å². The van der Waals surface area contributed by atoms with E-state index in [-0.39, 0.29) is 6.61 Å². The van der Waals surface area contributed by atoms with Crippen LogP contribution >= 0.6 is 27.7 Å². The van der Waals surface area contributed by atoms with Crippen LogP contribution in [0.4, 0.5) is 0 Å². The quantitative estimate of drug-likeness (QED) is 0.694. The Bertz CT molecular complexity index is 589. The molecule has 4 nitrogen and oxygen atoms in total. The van der Waals surface area contributed by atoms with Gasteiger partial charge in [0.15, 0.2) is 0 Å². The summed E-state index contributed by atoms with van der Waals surface area (Å²) in [5, 5.41) is 16.9. The molecule has 0 aliphatic heterocycles. The standard InChI is InChI=1S/C12H9BrN2O2S/c13-10-5-3-4-9(8-10)11-14-15-12(17-11)18-7-2-1-6-16/h3-5,8,16H,6-7H2. The summed E-state index contributed by atoms with van der Waals surface area (Å²) in [6.45, 7) is -0.131. The average Bonchev–Trinajstić information content (AvgIpc) is 2.83. The van der Waals surface area contributed by atoms with E-state index in [1.807, 2.05) is 24.3 Å². The van der Waals surface area contributed by atoms with E-state index in [2.05, 4.69) is 38.0 Å². The van der Waals surface area contributed by atoms with Crippen LogP contribution in [0.3, 0.4) is 0 Å². The number of aliphatic hydroxyl groups is 1. The van der Waals surface area contributed by atoms with Crippen molar-refractivity contribution in [2.75, 3.05) is 12.4 Å². The zero-order valence-electron chi connectivity index (χ0n) is 9.26. The highest BCUT2D eigenvalue weighted by molar-refractivity contribution is 9.10. The molecule has 0 saturated heterocycles. The maximum atomic E-state index is 8.50. The van der Waals surface area contributed by atoms with E-state index < -0.39 is 0 Å². The summed E-state index contributed by atoms with van der Waals surface area (Å²) < 4.78 is 6.45. The third-order valence-electron chi connectivity index (χ3n) is 1.95. The predicted molar refractivity (Wildman–Crippen MR) is 73.0 cm³/mol. The van der Waals surface area contributed by atoms with Crippen LogP contribution < -0.4 is 0 Å². The van der Waals surface area contributed by atoms with Gasteiger partial charge in [-0.15, -0.1) is 10.2 Å². The molecule has 0 saturated carbocycles. The first-order chi connectivity index (χ1) is 8.79. The van der Waals surface area contributed by atoms with E-state index in [1.54, 1.807) is 0 Å². The third-order valence-corrected chi connectivity index (χ3v) is 3.14. The molecular formula is C12H9BrN2O2S. The van der Waals surface area contributed by atoms with E-state index in [9.17, 15) is 0 Å². The van der Waals surface area contributed by atoms with E-state index in [1.165, 1.54) is 11.8 Å². The van der Waals surface area contributed by atoms with Gasteiger partial charge in [0, 0.05) is 10.0 Å². The minimum Gasteiger partial charge on any atom is -0.411 e. The monoisotopic (exact) mass is 324 g/mol. The fraction of sp³-hybridized carbons (Fsp3) is 0.167. The first kappa shape index (κ1) is 13.1. The zero-order chi connectivity index (χ0) is 12.8. The fourth-order valence-electron chi connectivity index (χ4n) is 1.21. The highest BCUT2D eigenvalue weighted by Crippen LogP contribution is 2.24. The Morgan fingerprint density at radius 3 is 3.00 bits per heavy atom. The lowest BCUT2D eigenvalue weighted by molar-refractivity contribution is 0.350. The number of nitrogens with zero attached hydrogens (tertiary/aromatic N) is 2. The van der Waals surface area contributed by atoms with Gasteiger partial charge in [-0.05, 0) is 18.2 Å². The van der Waals surface area contributed by atoms with E-state index >= 15 is 0 Å². The Balaban J connectivity index is 2.06. The number of rotatable bonds is 3. The topological polar surface area (TPSA) is 59.2 Å². The molecule has 1 heterocycles. The second-order valence-corrected chi connectivity index (χ2v) is 5.03. The van der Waals surface area contributed by atoms with Crippen molar-refractivity contribution in [3.8, 4) is 23.3 Å². The lowest BCUT2D eigenvalue weighted by atomic mass is 10.2. The number of hydrogen-bond donors (Lipinski definition) is 1. The molecule has 18 heavy (non-hydrogen) atoms. The lowest BCUT2D eigenvalue weighted by Crippen LogP contribution is -1.77. The molecule has 2 aromatic rings. The molecule has 1 aromatic carbocycles. The molecule has 0 amide bonds. The number of halogens is 1. The number of hydrogen-bond acceptors (Lipinski definition) is 5. The molecule has 0 atom stereocenters. The summed E-state index contributed by atoms with van der Waals surface area (Å²) >= 11 is 4.73. The highest BCUT2D eigenvalue weighted by atomic mass is 79.9. The number of benzene rings is 1. The summed E-state index contributed by atoms with van der Waals surface area (Å²) in [6.07, 6.45) is 0. The minimum absolute atomic E-state index is 0.131. The van der Waals surface area contributed by atoms with Crippen molar-refractivity contribution in [3.63, 3.8) is 0 Å². The Hall–Kier alpha value is -1.29. The Kier molecular flexibility index (Phi) is 4.81. The van der Waals surface area contributed by atoms with Crippen molar-refractivity contribution in [1.82, 2.24) is 10.2 Å². The lowest BCUT2D eigenvalue weighted by Gasteiger charge is -1.94. The van der Waals surface area contributed by atoms with Crippen molar-refractivity contribution < 1.29 is 9.52 Å². The number of thioether (sulfide) groups is 1. The molecule has 1 aromatic heterocycles. The number of aliphatic hydroxyl groups excluding tert-OH is 1. The van der Waals surface area contributed by atoms with Gasteiger partial charge >= 0.3 is 0 Å². The Morgan fingerprint density at radius 2 is 2.22 bits per heavy atom. The molecule has 0 spiro atoms. The minimum atomic E-state index is -0.131. The molecule has 0 aliphatic carbocycles. The van der Waals surface area contributed by atoms with Crippen LogP contribution in [-0.2, 0) is 0 Å². The average molecular weight is 325 g/mol. The van der Waals surface area contributed by atoms with Gasteiger partial charge < -0.3 is 9.52 Å². The second-order valence-electron chi connectivity index (χ2n) is 3.18. The summed E-state index contributed by atoms with van der Waals surface area (Å²) in [6, 6.07) is 7.65. The van der Waals surface area contributed by atoms with Gasteiger partial charge in [0.2, 0.25) is 5.89 Å². The Labute approximate surface area is 117 Å². The summed E-state index contributed by atoms with van der Waals surface area (Å²) in [4.78, 5) is 0. The zero-order valence-corrected chi connectivity index (χ0v) is 11.7. The van der Waals surface area contributed by atoms with Crippen molar-refractivity contribution in [2.24, 2.45) is 0 Å². The maximum absolute atomic E-state index is 8.50. The van der Waals surface area contributed by atoms with Crippen LogP contribution in [-0.4, -0.2) is 27.7 Å². The molecule has 0 bridgehead atoms. The molecule has 2 rings (SSSR count). The molecule has 0 aliphatic rings. The van der Waals surface area contributed by atoms with E-state index in [0.29, 0.717) is 16.9 Å². The smallest absolute Gasteiger partial charge is 0.277 e. The SMILES string of the molecule is OCC#CCSc1nnc(-c2cccc(Br)c2)o1. The van der Waals surface area contributed by atoms with Gasteiger partial charge in [0.1, 0.15) is 6.61 Å². The predicted octanol–water partition coefficient (Wildman–Crippen LogP) is 2.59. The van der Waals surface area contributed by atoms with Gasteiger partial charge in [-0.3, -0.25) is 0 Å². The van der Waals surface area contributed by atoms with Gasteiger partial charge in [0.25, 0.3) is 5.22 Å². The molecular weight excluding hydrogens is 316 g/mol. The molecule has 6 heteroatoms. The van der Waals surface area contributed by atoms with Crippen LogP contribution in [0.15, 0.2) is 38.4 Å². The van der Waals surface area contributed by atoms with Gasteiger partial charge in [-0.1, -0.05) is 45.6 Å². The van der Waals surface area contributed by atoms with Crippen LogP contribution in [0.2, 0.25) is 0 Å². The summed E-state index contributed by atoms with van der Waals surface area (Å²) in [5.41, 5.74) is 0.866. The third kappa shape index (κ3) is 3.60. The van der Waals surface area contributed by atoms with Crippen molar-refractivity contribution in [3.05, 3.63) is 28.7 Å². The van der Waals surface area contributed by atoms with Gasteiger partial charge in [-0.25, -0.2) is 0 Å². The van der Waals surface area contributed by atoms with Gasteiger partial charge in [0.05, 0.1) is 5.75 Å². The summed E-state index contributed by atoms with van der Waals surface area (Å²) in [7, 11) is 0. The maximum Gasteiger partial charge on any atom is 0.277 e. The molecule has 0 fully saturated rings. The molecule has 0 unspecified atom stereocenters. The fourth-order valence-corrected chi connectivity index (χ4v) is 2.14. The van der Waals surface area contributed by atoms with E-state index in [0.717, 1.165) is 10.0 Å². The summed E-state index contributed by atoms with van der Waals surface area (Å²) in [5.74, 6) is 6.32. The van der Waals surface area contributed by atoms with E-state index in [4.69, 9.17) is 9.52 Å². The first-order valence-electron chi connectivity index (χ1n) is 5.08. The Morgan fingerprint density at radius 1 is 1.33 bits per heavy atom.